The summed E-state index contributed by atoms with van der Waals surface area (Å²) >= 11 is 0. The van der Waals surface area contributed by atoms with E-state index < -0.39 is 0 Å². The second kappa shape index (κ2) is 13.5. The summed E-state index contributed by atoms with van der Waals surface area (Å²) in [5.41, 5.74) is 3.10. The van der Waals surface area contributed by atoms with Gasteiger partial charge in [0.25, 0.3) is 0 Å². The average molecular weight is 524 g/mol. The number of nitrogens with one attached hydrogen (secondary N) is 1. The van der Waals surface area contributed by atoms with Gasteiger partial charge in [-0.2, -0.15) is 0 Å². The number of hydrogen-bond donors (Lipinski definition) is 1. The van der Waals surface area contributed by atoms with Crippen LogP contribution < -0.4 is 10.2 Å². The minimum Gasteiger partial charge on any atom is -0.379 e. The molecule has 2 saturated heterocycles. The molecule has 0 aliphatic carbocycles. The maximum absolute atomic E-state index is 13.3. The Hall–Kier alpha value is -3.24. The molecule has 0 saturated carbocycles. The Balaban J connectivity index is 1.33. The highest BCUT2D eigenvalue weighted by atomic mass is 16.5. The summed E-state index contributed by atoms with van der Waals surface area (Å²) in [6.07, 6.45) is 0.832. The van der Waals surface area contributed by atoms with Gasteiger partial charge in [-0.15, -0.1) is 10.2 Å². The lowest BCUT2D eigenvalue weighted by Crippen LogP contribution is -2.51. The van der Waals surface area contributed by atoms with Crippen LogP contribution >= 0.6 is 0 Å². The van der Waals surface area contributed by atoms with Gasteiger partial charge in [0.05, 0.1) is 18.9 Å². The number of carbonyl (C=O) groups is 2. The fourth-order valence-corrected chi connectivity index (χ4v) is 4.71. The molecule has 0 spiro atoms. The fraction of sp³-hybridized carbons (Fsp3) is 0.571. The zero-order valence-corrected chi connectivity index (χ0v) is 22.9. The molecule has 0 radical (unpaired) electrons. The highest BCUT2D eigenvalue weighted by molar-refractivity contribution is 5.84. The third-order valence-corrected chi connectivity index (χ3v) is 6.99. The molecule has 10 heteroatoms. The quantitative estimate of drug-likeness (QED) is 0.567. The van der Waals surface area contributed by atoms with Crippen molar-refractivity contribution in [2.75, 3.05) is 77.0 Å². The largest absolute Gasteiger partial charge is 0.379 e. The van der Waals surface area contributed by atoms with Crippen molar-refractivity contribution in [3.8, 4) is 11.3 Å². The summed E-state index contributed by atoms with van der Waals surface area (Å²) < 4.78 is 5.43. The number of nitrogens with zero attached hydrogens (tertiary/aromatic N) is 6. The molecule has 1 N–H and O–H groups in total. The molecule has 1 aromatic carbocycles. The molecule has 1 aromatic heterocycles. The third-order valence-electron chi connectivity index (χ3n) is 6.99. The van der Waals surface area contributed by atoms with Crippen LogP contribution in [-0.4, -0.2) is 115 Å². The minimum atomic E-state index is -0.193. The first-order valence-corrected chi connectivity index (χ1v) is 13.7. The highest BCUT2D eigenvalue weighted by Crippen LogP contribution is 2.20. The van der Waals surface area contributed by atoms with Crippen LogP contribution in [0.25, 0.3) is 11.3 Å². The van der Waals surface area contributed by atoms with E-state index in [0.717, 1.165) is 49.7 Å². The number of carbonyl (C=O) groups excluding carboxylic acids is 2. The van der Waals surface area contributed by atoms with Crippen molar-refractivity contribution in [1.29, 1.82) is 0 Å². The van der Waals surface area contributed by atoms with Gasteiger partial charge in [-0.05, 0) is 39.3 Å². The number of amides is 3. The van der Waals surface area contributed by atoms with E-state index in [1.165, 1.54) is 5.56 Å². The second-order valence-electron chi connectivity index (χ2n) is 10.3. The summed E-state index contributed by atoms with van der Waals surface area (Å²) in [7, 11) is 0. The molecule has 2 aliphatic heterocycles. The fourth-order valence-electron chi connectivity index (χ4n) is 4.71. The molecular formula is C28H41N7O3. The topological polar surface area (TPSA) is 94.1 Å². The van der Waals surface area contributed by atoms with Crippen molar-refractivity contribution in [3.05, 3.63) is 42.0 Å². The Bertz CT molecular complexity index is 1040. The lowest BCUT2D eigenvalue weighted by Gasteiger charge is -2.31. The van der Waals surface area contributed by atoms with Gasteiger partial charge in [-0.3, -0.25) is 9.69 Å². The van der Waals surface area contributed by atoms with E-state index in [-0.39, 0.29) is 24.5 Å². The molecule has 2 aliphatic rings. The van der Waals surface area contributed by atoms with Crippen molar-refractivity contribution in [2.24, 2.45) is 0 Å². The molecule has 2 aromatic rings. The van der Waals surface area contributed by atoms with Crippen molar-refractivity contribution in [3.63, 3.8) is 0 Å². The number of urea groups is 1. The predicted octanol–water partition coefficient (Wildman–Crippen LogP) is 2.24. The Morgan fingerprint density at radius 2 is 1.74 bits per heavy atom. The lowest BCUT2D eigenvalue weighted by molar-refractivity contribution is -0.131. The van der Waals surface area contributed by atoms with Crippen LogP contribution in [-0.2, 0) is 9.53 Å². The molecule has 4 rings (SSSR count). The first-order valence-electron chi connectivity index (χ1n) is 13.7. The van der Waals surface area contributed by atoms with E-state index >= 15 is 0 Å². The van der Waals surface area contributed by atoms with Crippen LogP contribution in [0.2, 0.25) is 0 Å². The predicted molar refractivity (Wildman–Crippen MR) is 148 cm³/mol. The zero-order chi connectivity index (χ0) is 26.9. The maximum atomic E-state index is 13.3. The summed E-state index contributed by atoms with van der Waals surface area (Å²) in [4.78, 5) is 34.1. The number of rotatable bonds is 8. The van der Waals surface area contributed by atoms with E-state index in [9.17, 15) is 9.59 Å². The molecule has 3 amide bonds. The van der Waals surface area contributed by atoms with Crippen LogP contribution in [0.5, 0.6) is 0 Å². The third kappa shape index (κ3) is 7.88. The average Bonchev–Trinajstić information content (AvgIpc) is 3.18. The smallest absolute Gasteiger partial charge is 0.318 e. The van der Waals surface area contributed by atoms with E-state index in [1.54, 1.807) is 4.90 Å². The molecule has 3 heterocycles. The Labute approximate surface area is 225 Å². The molecule has 0 atom stereocenters. The summed E-state index contributed by atoms with van der Waals surface area (Å²) in [6, 6.07) is 12.1. The summed E-state index contributed by atoms with van der Waals surface area (Å²) in [5.74, 6) is 0.798. The van der Waals surface area contributed by atoms with Gasteiger partial charge in [-0.25, -0.2) is 4.79 Å². The minimum absolute atomic E-state index is 0.00809. The molecule has 0 unspecified atom stereocenters. The maximum Gasteiger partial charge on any atom is 0.318 e. The normalized spacial score (nSPS) is 16.8. The van der Waals surface area contributed by atoms with Crippen LogP contribution in [0, 0.1) is 6.92 Å². The number of anilines is 1. The van der Waals surface area contributed by atoms with Crippen molar-refractivity contribution >= 4 is 17.8 Å². The van der Waals surface area contributed by atoms with E-state index in [4.69, 9.17) is 4.74 Å². The van der Waals surface area contributed by atoms with Crippen molar-refractivity contribution in [2.45, 2.75) is 33.2 Å². The molecule has 38 heavy (non-hydrogen) atoms. The van der Waals surface area contributed by atoms with Crippen molar-refractivity contribution < 1.29 is 14.3 Å². The lowest BCUT2D eigenvalue weighted by atomic mass is 10.1. The van der Waals surface area contributed by atoms with Crippen LogP contribution in [0.15, 0.2) is 36.4 Å². The molecule has 206 valence electrons. The first kappa shape index (κ1) is 27.8. The number of morpholine rings is 1. The molecule has 0 bridgehead atoms. The number of aryl methyl sites for hydroxylation is 1. The summed E-state index contributed by atoms with van der Waals surface area (Å²) in [5, 5.41) is 11.9. The van der Waals surface area contributed by atoms with E-state index in [1.807, 2.05) is 30.9 Å². The number of ether oxygens (including phenoxy) is 1. The number of hydrogen-bond acceptors (Lipinski definition) is 7. The second-order valence-corrected chi connectivity index (χ2v) is 10.3. The van der Waals surface area contributed by atoms with Crippen molar-refractivity contribution in [1.82, 2.24) is 30.2 Å². The van der Waals surface area contributed by atoms with Gasteiger partial charge in [0.1, 0.15) is 6.54 Å². The van der Waals surface area contributed by atoms with Crippen LogP contribution in [0.3, 0.4) is 0 Å². The van der Waals surface area contributed by atoms with Crippen LogP contribution in [0.1, 0.15) is 25.8 Å². The van der Waals surface area contributed by atoms with Gasteiger partial charge in [-0.1, -0.05) is 29.8 Å². The Morgan fingerprint density at radius 3 is 2.42 bits per heavy atom. The first-order chi connectivity index (χ1) is 18.4. The van der Waals surface area contributed by atoms with E-state index in [2.05, 4.69) is 56.5 Å². The Kier molecular flexibility index (Phi) is 9.89. The Morgan fingerprint density at radius 1 is 0.974 bits per heavy atom. The van der Waals surface area contributed by atoms with Gasteiger partial charge in [0.2, 0.25) is 5.91 Å². The highest BCUT2D eigenvalue weighted by Gasteiger charge is 2.25. The zero-order valence-electron chi connectivity index (χ0n) is 22.9. The van der Waals surface area contributed by atoms with Gasteiger partial charge in [0, 0.05) is 64.0 Å². The van der Waals surface area contributed by atoms with E-state index in [0.29, 0.717) is 39.4 Å². The van der Waals surface area contributed by atoms with Gasteiger partial charge < -0.3 is 24.8 Å². The molecule has 10 nitrogen and oxygen atoms in total. The van der Waals surface area contributed by atoms with Gasteiger partial charge >= 0.3 is 6.03 Å². The number of benzene rings is 1. The SMILES string of the molecule is Cc1ccc(-c2ccc(N3CCCN(C(=O)CN(CCN4CCOCC4)C(=O)NC(C)C)CC3)nn2)cc1. The molecular weight excluding hydrogens is 482 g/mol. The summed E-state index contributed by atoms with van der Waals surface area (Å²) in [6.45, 7) is 13.1. The monoisotopic (exact) mass is 523 g/mol. The molecule has 2 fully saturated rings. The van der Waals surface area contributed by atoms with Gasteiger partial charge in [0.15, 0.2) is 5.82 Å². The number of aromatic nitrogens is 2. The standard InChI is InChI=1S/C28H41N7O3/c1-22(2)29-28(37)35(14-13-32-17-19-38-20-18-32)21-27(36)34-12-4-11-33(15-16-34)26-10-9-25(30-31-26)24-7-5-23(3)6-8-24/h5-10,22H,4,11-21H2,1-3H3,(H,29,37). The van der Waals surface area contributed by atoms with Crippen LogP contribution in [0.4, 0.5) is 10.6 Å².